The van der Waals surface area contributed by atoms with Crippen LogP contribution < -0.4 is 10.5 Å². The second kappa shape index (κ2) is 5.77. The van der Waals surface area contributed by atoms with Gasteiger partial charge in [-0.1, -0.05) is 42.0 Å². The first-order chi connectivity index (χ1) is 9.78. The number of alkyl halides is 3. The van der Waals surface area contributed by atoms with Crippen LogP contribution in [0.25, 0.3) is 0 Å². The highest BCUT2D eigenvalue weighted by molar-refractivity contribution is 5.44. The van der Waals surface area contributed by atoms with Crippen LogP contribution in [0.15, 0.2) is 42.5 Å². The molecule has 2 nitrogen and oxygen atoms in total. The summed E-state index contributed by atoms with van der Waals surface area (Å²) in [6, 6.07) is 10.9. The number of nitrogens with two attached hydrogens (primary N) is 1. The Morgan fingerprint density at radius 2 is 1.67 bits per heavy atom. The fraction of sp³-hybridized carbons (Fsp3) is 0.250. The zero-order valence-electron chi connectivity index (χ0n) is 11.7. The minimum Gasteiger partial charge on any atom is -0.405 e. The van der Waals surface area contributed by atoms with Crippen molar-refractivity contribution >= 4 is 0 Å². The molecular formula is C16H16F3NO. The normalized spacial score (nSPS) is 13.0. The molecule has 0 spiro atoms. The summed E-state index contributed by atoms with van der Waals surface area (Å²) in [5, 5.41) is 0. The van der Waals surface area contributed by atoms with Crippen LogP contribution in [0.4, 0.5) is 13.2 Å². The van der Waals surface area contributed by atoms with Gasteiger partial charge in [-0.05, 0) is 31.0 Å². The maximum Gasteiger partial charge on any atom is 0.573 e. The summed E-state index contributed by atoms with van der Waals surface area (Å²) in [4.78, 5) is 0. The van der Waals surface area contributed by atoms with E-state index in [0.717, 1.165) is 16.7 Å². The van der Waals surface area contributed by atoms with E-state index < -0.39 is 12.4 Å². The molecule has 5 heteroatoms. The van der Waals surface area contributed by atoms with E-state index in [4.69, 9.17) is 5.73 Å². The molecule has 0 aliphatic carbocycles. The van der Waals surface area contributed by atoms with Gasteiger partial charge in [0.05, 0.1) is 6.04 Å². The lowest BCUT2D eigenvalue weighted by atomic mass is 9.94. The third-order valence-electron chi connectivity index (χ3n) is 3.24. The fourth-order valence-electron chi connectivity index (χ4n) is 2.30. The maximum absolute atomic E-state index is 12.5. The van der Waals surface area contributed by atoms with Crippen molar-refractivity contribution in [3.8, 4) is 5.75 Å². The van der Waals surface area contributed by atoms with Crippen molar-refractivity contribution in [3.63, 3.8) is 0 Å². The van der Waals surface area contributed by atoms with Crippen LogP contribution in [-0.2, 0) is 0 Å². The summed E-state index contributed by atoms with van der Waals surface area (Å²) >= 11 is 0. The molecule has 0 amide bonds. The Hall–Kier alpha value is -2.01. The van der Waals surface area contributed by atoms with Crippen LogP contribution in [0.2, 0.25) is 0 Å². The van der Waals surface area contributed by atoms with Crippen molar-refractivity contribution in [1.29, 1.82) is 0 Å². The van der Waals surface area contributed by atoms with E-state index in [9.17, 15) is 13.2 Å². The molecule has 2 aromatic rings. The fourth-order valence-corrected chi connectivity index (χ4v) is 2.30. The summed E-state index contributed by atoms with van der Waals surface area (Å²) in [6.07, 6.45) is -4.74. The number of halogens is 3. The minimum absolute atomic E-state index is 0.266. The summed E-state index contributed by atoms with van der Waals surface area (Å²) in [5.74, 6) is -0.266. The summed E-state index contributed by atoms with van der Waals surface area (Å²) < 4.78 is 41.4. The smallest absolute Gasteiger partial charge is 0.405 e. The van der Waals surface area contributed by atoms with Gasteiger partial charge in [-0.3, -0.25) is 0 Å². The van der Waals surface area contributed by atoms with Crippen LogP contribution in [0.3, 0.4) is 0 Å². The molecule has 2 aromatic carbocycles. The SMILES string of the molecule is Cc1ccc(C(N)c2ccccc2OC(F)(F)F)c(C)c1. The van der Waals surface area contributed by atoms with Crippen molar-refractivity contribution in [1.82, 2.24) is 0 Å². The van der Waals surface area contributed by atoms with E-state index in [1.807, 2.05) is 32.0 Å². The molecule has 0 saturated heterocycles. The predicted octanol–water partition coefficient (Wildman–Crippen LogP) is 4.25. The monoisotopic (exact) mass is 295 g/mol. The topological polar surface area (TPSA) is 35.2 Å². The standard InChI is InChI=1S/C16H16F3NO/c1-10-7-8-12(11(2)9-10)15(20)13-5-3-4-6-14(13)21-16(17,18)19/h3-9,15H,20H2,1-2H3. The highest BCUT2D eigenvalue weighted by Gasteiger charge is 2.32. The molecule has 112 valence electrons. The van der Waals surface area contributed by atoms with Gasteiger partial charge in [0.1, 0.15) is 5.75 Å². The highest BCUT2D eigenvalue weighted by Crippen LogP contribution is 2.33. The van der Waals surface area contributed by atoms with Gasteiger partial charge >= 0.3 is 6.36 Å². The lowest BCUT2D eigenvalue weighted by Crippen LogP contribution is -2.21. The molecule has 0 heterocycles. The number of benzene rings is 2. The number of para-hydroxylation sites is 1. The Morgan fingerprint density at radius 1 is 1.00 bits per heavy atom. The van der Waals surface area contributed by atoms with Crippen molar-refractivity contribution in [2.75, 3.05) is 0 Å². The third kappa shape index (κ3) is 3.76. The predicted molar refractivity (Wildman–Crippen MR) is 75.1 cm³/mol. The Kier molecular flexibility index (Phi) is 4.23. The number of ether oxygens (including phenoxy) is 1. The quantitative estimate of drug-likeness (QED) is 0.918. The van der Waals surface area contributed by atoms with Gasteiger partial charge in [0.15, 0.2) is 0 Å². The molecule has 0 aromatic heterocycles. The minimum atomic E-state index is -4.74. The van der Waals surface area contributed by atoms with Gasteiger partial charge in [0.2, 0.25) is 0 Å². The number of aryl methyl sites for hydroxylation is 2. The third-order valence-corrected chi connectivity index (χ3v) is 3.24. The molecule has 1 atom stereocenters. The average molecular weight is 295 g/mol. The molecule has 0 radical (unpaired) electrons. The lowest BCUT2D eigenvalue weighted by Gasteiger charge is -2.20. The van der Waals surface area contributed by atoms with Crippen molar-refractivity contribution < 1.29 is 17.9 Å². The number of rotatable bonds is 3. The number of hydrogen-bond acceptors (Lipinski definition) is 2. The molecule has 0 aliphatic heterocycles. The summed E-state index contributed by atoms with van der Waals surface area (Å²) in [6.45, 7) is 3.83. The van der Waals surface area contributed by atoms with Gasteiger partial charge in [0.25, 0.3) is 0 Å². The number of hydrogen-bond donors (Lipinski definition) is 1. The Labute approximate surface area is 121 Å². The van der Waals surface area contributed by atoms with E-state index in [2.05, 4.69) is 4.74 Å². The first-order valence-electron chi connectivity index (χ1n) is 6.45. The van der Waals surface area contributed by atoms with Crippen LogP contribution in [0.1, 0.15) is 28.3 Å². The van der Waals surface area contributed by atoms with E-state index in [0.29, 0.717) is 5.56 Å². The average Bonchev–Trinajstić information content (AvgIpc) is 2.36. The first kappa shape index (κ1) is 15.4. The van der Waals surface area contributed by atoms with E-state index in [1.165, 1.54) is 12.1 Å². The second-order valence-electron chi connectivity index (χ2n) is 4.92. The van der Waals surface area contributed by atoms with Crippen LogP contribution in [0, 0.1) is 13.8 Å². The van der Waals surface area contributed by atoms with Crippen molar-refractivity contribution in [2.24, 2.45) is 5.73 Å². The molecule has 21 heavy (non-hydrogen) atoms. The van der Waals surface area contributed by atoms with E-state index in [-0.39, 0.29) is 5.75 Å². The molecule has 2 N–H and O–H groups in total. The molecule has 0 aliphatic rings. The van der Waals surface area contributed by atoms with Crippen LogP contribution in [-0.4, -0.2) is 6.36 Å². The lowest BCUT2D eigenvalue weighted by molar-refractivity contribution is -0.274. The Morgan fingerprint density at radius 3 is 2.29 bits per heavy atom. The molecule has 0 saturated carbocycles. The zero-order chi connectivity index (χ0) is 15.6. The summed E-state index contributed by atoms with van der Waals surface area (Å²) in [5.41, 5.74) is 9.23. The Balaban J connectivity index is 2.41. The van der Waals surface area contributed by atoms with Gasteiger partial charge in [-0.15, -0.1) is 13.2 Å². The van der Waals surface area contributed by atoms with E-state index in [1.54, 1.807) is 12.1 Å². The molecule has 0 bridgehead atoms. The second-order valence-corrected chi connectivity index (χ2v) is 4.92. The van der Waals surface area contributed by atoms with Gasteiger partial charge in [0, 0.05) is 5.56 Å². The van der Waals surface area contributed by atoms with Gasteiger partial charge < -0.3 is 10.5 Å². The van der Waals surface area contributed by atoms with Crippen molar-refractivity contribution in [2.45, 2.75) is 26.3 Å². The summed E-state index contributed by atoms with van der Waals surface area (Å²) in [7, 11) is 0. The molecule has 0 fully saturated rings. The van der Waals surface area contributed by atoms with Gasteiger partial charge in [-0.2, -0.15) is 0 Å². The van der Waals surface area contributed by atoms with Crippen LogP contribution in [0.5, 0.6) is 5.75 Å². The van der Waals surface area contributed by atoms with Crippen LogP contribution >= 0.6 is 0 Å². The maximum atomic E-state index is 12.5. The largest absolute Gasteiger partial charge is 0.573 e. The van der Waals surface area contributed by atoms with Crippen molar-refractivity contribution in [3.05, 3.63) is 64.7 Å². The van der Waals surface area contributed by atoms with Gasteiger partial charge in [-0.25, -0.2) is 0 Å². The van der Waals surface area contributed by atoms with E-state index >= 15 is 0 Å². The molecular weight excluding hydrogens is 279 g/mol. The molecule has 1 unspecified atom stereocenters. The first-order valence-corrected chi connectivity index (χ1v) is 6.45. The molecule has 2 rings (SSSR count). The highest BCUT2D eigenvalue weighted by atomic mass is 19.4. The zero-order valence-corrected chi connectivity index (χ0v) is 11.7. The Bertz CT molecular complexity index is 638.